The number of thiazole rings is 1. The van der Waals surface area contributed by atoms with Crippen molar-refractivity contribution in [2.75, 3.05) is 11.9 Å². The maximum Gasteiger partial charge on any atom is 0.416 e. The lowest BCUT2D eigenvalue weighted by Crippen LogP contribution is -2.08. The molecule has 0 amide bonds. The van der Waals surface area contributed by atoms with E-state index in [9.17, 15) is 18.0 Å². The molecule has 21 heavy (non-hydrogen) atoms. The zero-order valence-corrected chi connectivity index (χ0v) is 11.7. The van der Waals surface area contributed by atoms with Gasteiger partial charge in [0.1, 0.15) is 5.00 Å². The maximum absolute atomic E-state index is 12.6. The first kappa shape index (κ1) is 15.3. The molecule has 0 spiro atoms. The van der Waals surface area contributed by atoms with E-state index in [1.165, 1.54) is 17.6 Å². The van der Waals surface area contributed by atoms with Crippen LogP contribution in [0.2, 0.25) is 0 Å². The van der Waals surface area contributed by atoms with Gasteiger partial charge in [0.05, 0.1) is 17.7 Å². The molecule has 2 aromatic rings. The van der Waals surface area contributed by atoms with Gasteiger partial charge in [0, 0.05) is 5.69 Å². The van der Waals surface area contributed by atoms with Gasteiger partial charge in [-0.2, -0.15) is 13.2 Å². The molecule has 0 radical (unpaired) electrons. The number of hydrogen-bond acceptors (Lipinski definition) is 5. The highest BCUT2D eigenvalue weighted by Gasteiger charge is 2.30. The first-order chi connectivity index (χ1) is 9.91. The van der Waals surface area contributed by atoms with E-state index < -0.39 is 17.7 Å². The lowest BCUT2D eigenvalue weighted by Gasteiger charge is -2.10. The molecule has 1 aromatic heterocycles. The van der Waals surface area contributed by atoms with E-state index in [1.54, 1.807) is 6.92 Å². The molecular formula is C13H11F3N2O2S. The number of rotatable bonds is 4. The summed E-state index contributed by atoms with van der Waals surface area (Å²) in [7, 11) is 0. The summed E-state index contributed by atoms with van der Waals surface area (Å²) in [5.74, 6) is -0.617. The molecule has 0 bridgehead atoms. The minimum absolute atomic E-state index is 0.0549. The standard InChI is InChI=1S/C13H11F3N2O2S/c1-2-20-12(19)10-11(21-7-17-10)18-9-5-3-4-8(6-9)13(14,15)16/h3-7,18H,2H2,1H3. The Morgan fingerprint density at radius 3 is 2.86 bits per heavy atom. The Balaban J connectivity index is 2.23. The minimum atomic E-state index is -4.42. The zero-order valence-electron chi connectivity index (χ0n) is 10.9. The molecular weight excluding hydrogens is 305 g/mol. The van der Waals surface area contributed by atoms with Crippen LogP contribution in [0.3, 0.4) is 0 Å². The number of anilines is 2. The van der Waals surface area contributed by atoms with E-state index in [0.717, 1.165) is 23.5 Å². The number of hydrogen-bond donors (Lipinski definition) is 1. The number of carbonyl (C=O) groups is 1. The molecule has 0 atom stereocenters. The van der Waals surface area contributed by atoms with Crippen LogP contribution in [-0.2, 0) is 10.9 Å². The van der Waals surface area contributed by atoms with Gasteiger partial charge in [-0.05, 0) is 25.1 Å². The van der Waals surface area contributed by atoms with Gasteiger partial charge < -0.3 is 10.1 Å². The normalized spacial score (nSPS) is 11.2. The number of halogens is 3. The molecule has 0 aliphatic carbocycles. The van der Waals surface area contributed by atoms with Gasteiger partial charge in [0.15, 0.2) is 5.69 Å². The van der Waals surface area contributed by atoms with Crippen molar-refractivity contribution >= 4 is 28.0 Å². The third-order valence-electron chi connectivity index (χ3n) is 2.48. The molecule has 0 saturated carbocycles. The number of carbonyl (C=O) groups excluding carboxylic acids is 1. The fraction of sp³-hybridized carbons (Fsp3) is 0.231. The van der Waals surface area contributed by atoms with Gasteiger partial charge in [0.2, 0.25) is 0 Å². The molecule has 0 saturated heterocycles. The van der Waals surface area contributed by atoms with Crippen molar-refractivity contribution in [1.29, 1.82) is 0 Å². The molecule has 8 heteroatoms. The molecule has 0 unspecified atom stereocenters. The monoisotopic (exact) mass is 316 g/mol. The van der Waals surface area contributed by atoms with Crippen molar-refractivity contribution in [1.82, 2.24) is 4.98 Å². The number of nitrogens with one attached hydrogen (secondary N) is 1. The molecule has 1 N–H and O–H groups in total. The SMILES string of the molecule is CCOC(=O)c1ncsc1Nc1cccc(C(F)(F)F)c1. The molecule has 4 nitrogen and oxygen atoms in total. The van der Waals surface area contributed by atoms with Crippen molar-refractivity contribution in [3.8, 4) is 0 Å². The highest BCUT2D eigenvalue weighted by Crippen LogP contribution is 2.32. The van der Waals surface area contributed by atoms with Crippen LogP contribution in [-0.4, -0.2) is 17.6 Å². The maximum atomic E-state index is 12.6. The minimum Gasteiger partial charge on any atom is -0.461 e. The fourth-order valence-electron chi connectivity index (χ4n) is 1.58. The Morgan fingerprint density at radius 2 is 2.19 bits per heavy atom. The topological polar surface area (TPSA) is 51.2 Å². The van der Waals surface area contributed by atoms with Crippen LogP contribution >= 0.6 is 11.3 Å². The first-order valence-corrected chi connectivity index (χ1v) is 6.84. The summed E-state index contributed by atoms with van der Waals surface area (Å²) in [6, 6.07) is 4.71. The average molecular weight is 316 g/mol. The van der Waals surface area contributed by atoms with E-state index in [-0.39, 0.29) is 18.0 Å². The van der Waals surface area contributed by atoms with E-state index in [1.807, 2.05) is 0 Å². The largest absolute Gasteiger partial charge is 0.461 e. The van der Waals surface area contributed by atoms with E-state index in [4.69, 9.17) is 4.74 Å². The second-order valence-corrected chi connectivity index (χ2v) is 4.81. The Kier molecular flexibility index (Phi) is 4.46. The number of alkyl halides is 3. The van der Waals surface area contributed by atoms with E-state index in [2.05, 4.69) is 10.3 Å². The van der Waals surface area contributed by atoms with Crippen LogP contribution in [0.1, 0.15) is 23.0 Å². The summed E-state index contributed by atoms with van der Waals surface area (Å²) >= 11 is 1.11. The number of ether oxygens (including phenoxy) is 1. The zero-order chi connectivity index (χ0) is 15.5. The van der Waals surface area contributed by atoms with Crippen LogP contribution in [0.4, 0.5) is 23.9 Å². The fourth-order valence-corrected chi connectivity index (χ4v) is 2.27. The van der Waals surface area contributed by atoms with Gasteiger partial charge in [-0.25, -0.2) is 9.78 Å². The summed E-state index contributed by atoms with van der Waals surface area (Å²) in [5.41, 5.74) is 0.927. The van der Waals surface area contributed by atoms with E-state index >= 15 is 0 Å². The van der Waals surface area contributed by atoms with Crippen molar-refractivity contribution in [2.45, 2.75) is 13.1 Å². The van der Waals surface area contributed by atoms with Gasteiger partial charge >= 0.3 is 12.1 Å². The van der Waals surface area contributed by atoms with Crippen molar-refractivity contribution in [3.63, 3.8) is 0 Å². The van der Waals surface area contributed by atoms with Crippen LogP contribution < -0.4 is 5.32 Å². The molecule has 0 aliphatic rings. The number of nitrogens with zero attached hydrogens (tertiary/aromatic N) is 1. The van der Waals surface area contributed by atoms with Crippen LogP contribution in [0, 0.1) is 0 Å². The van der Waals surface area contributed by atoms with Crippen LogP contribution in [0.15, 0.2) is 29.8 Å². The first-order valence-electron chi connectivity index (χ1n) is 5.96. The van der Waals surface area contributed by atoms with Crippen LogP contribution in [0.5, 0.6) is 0 Å². The Morgan fingerprint density at radius 1 is 1.43 bits per heavy atom. The second-order valence-electron chi connectivity index (χ2n) is 3.95. The Labute approximate surface area is 122 Å². The molecule has 0 aliphatic heterocycles. The van der Waals surface area contributed by atoms with Crippen molar-refractivity contribution in [3.05, 3.63) is 41.0 Å². The highest BCUT2D eigenvalue weighted by atomic mass is 32.1. The third-order valence-corrected chi connectivity index (χ3v) is 3.23. The summed E-state index contributed by atoms with van der Waals surface area (Å²) in [5, 5.41) is 3.10. The number of benzene rings is 1. The van der Waals surface area contributed by atoms with Gasteiger partial charge in [-0.1, -0.05) is 6.07 Å². The van der Waals surface area contributed by atoms with Gasteiger partial charge in [0.25, 0.3) is 0 Å². The predicted molar refractivity (Wildman–Crippen MR) is 72.8 cm³/mol. The lowest BCUT2D eigenvalue weighted by atomic mass is 10.2. The summed E-state index contributed by atoms with van der Waals surface area (Å²) in [6.07, 6.45) is -4.42. The molecule has 1 heterocycles. The van der Waals surface area contributed by atoms with Gasteiger partial charge in [-0.3, -0.25) is 0 Å². The third kappa shape index (κ3) is 3.72. The quantitative estimate of drug-likeness (QED) is 0.864. The average Bonchev–Trinajstić information content (AvgIpc) is 2.86. The molecule has 1 aromatic carbocycles. The second kappa shape index (κ2) is 6.13. The number of esters is 1. The van der Waals surface area contributed by atoms with Crippen molar-refractivity contribution in [2.24, 2.45) is 0 Å². The smallest absolute Gasteiger partial charge is 0.416 e. The van der Waals surface area contributed by atoms with Gasteiger partial charge in [-0.15, -0.1) is 11.3 Å². The van der Waals surface area contributed by atoms with E-state index in [0.29, 0.717) is 5.00 Å². The summed E-state index contributed by atoms with van der Waals surface area (Å²) < 4.78 is 42.8. The van der Waals surface area contributed by atoms with Crippen molar-refractivity contribution < 1.29 is 22.7 Å². The van der Waals surface area contributed by atoms with Crippen LogP contribution in [0.25, 0.3) is 0 Å². The lowest BCUT2D eigenvalue weighted by molar-refractivity contribution is -0.137. The Bertz CT molecular complexity index is 640. The summed E-state index contributed by atoms with van der Waals surface area (Å²) in [4.78, 5) is 15.5. The molecule has 0 fully saturated rings. The predicted octanol–water partition coefficient (Wildman–Crippen LogP) is 4.08. The number of aromatic nitrogens is 1. The Hall–Kier alpha value is -2.09. The highest BCUT2D eigenvalue weighted by molar-refractivity contribution is 7.14. The molecule has 112 valence electrons. The molecule has 2 rings (SSSR count). The summed E-state index contributed by atoms with van der Waals surface area (Å²) in [6.45, 7) is 1.85.